The van der Waals surface area contributed by atoms with E-state index in [2.05, 4.69) is 18.4 Å². The summed E-state index contributed by atoms with van der Waals surface area (Å²) in [5.41, 5.74) is 1.48. The fourth-order valence-electron chi connectivity index (χ4n) is 2.37. The van der Waals surface area contributed by atoms with Crippen molar-refractivity contribution in [2.24, 2.45) is 0 Å². The first-order valence-corrected chi connectivity index (χ1v) is 10.5. The molecule has 0 atom stereocenters. The molecule has 0 saturated heterocycles. The first-order valence-electron chi connectivity index (χ1n) is 7.68. The molecule has 1 heterocycles. The van der Waals surface area contributed by atoms with Gasteiger partial charge in [-0.05, 0) is 57.0 Å². The van der Waals surface area contributed by atoms with E-state index in [-0.39, 0.29) is 0 Å². The molecule has 1 rings (SSSR count). The minimum atomic E-state index is -2.45. The van der Waals surface area contributed by atoms with Crippen molar-refractivity contribution in [1.82, 2.24) is 0 Å². The van der Waals surface area contributed by atoms with E-state index in [4.69, 9.17) is 13.3 Å². The third kappa shape index (κ3) is 5.29. The fourth-order valence-corrected chi connectivity index (χ4v) is 6.00. The van der Waals surface area contributed by atoms with E-state index in [1.165, 1.54) is 10.4 Å². The van der Waals surface area contributed by atoms with Crippen molar-refractivity contribution < 1.29 is 13.3 Å². The van der Waals surface area contributed by atoms with Gasteiger partial charge in [0.2, 0.25) is 0 Å². The van der Waals surface area contributed by atoms with Gasteiger partial charge in [0, 0.05) is 30.7 Å². The van der Waals surface area contributed by atoms with E-state index >= 15 is 0 Å². The summed E-state index contributed by atoms with van der Waals surface area (Å²) in [5.74, 6) is 0. The van der Waals surface area contributed by atoms with Crippen LogP contribution in [0.2, 0.25) is 6.04 Å². The van der Waals surface area contributed by atoms with Crippen LogP contribution in [0.1, 0.15) is 44.6 Å². The van der Waals surface area contributed by atoms with Gasteiger partial charge in [-0.3, -0.25) is 0 Å². The lowest BCUT2D eigenvalue weighted by Gasteiger charge is -2.28. The minimum Gasteiger partial charge on any atom is -0.374 e. The van der Waals surface area contributed by atoms with Crippen LogP contribution in [0.4, 0.5) is 0 Å². The van der Waals surface area contributed by atoms with Crippen LogP contribution in [0.15, 0.2) is 11.4 Å². The molecule has 0 amide bonds. The summed E-state index contributed by atoms with van der Waals surface area (Å²) in [6.45, 7) is 10.2. The quantitative estimate of drug-likeness (QED) is 0.570. The molecule has 0 bridgehead atoms. The van der Waals surface area contributed by atoms with E-state index in [9.17, 15) is 0 Å². The molecule has 0 aromatic carbocycles. The Morgan fingerprint density at radius 1 is 1.00 bits per heavy atom. The van der Waals surface area contributed by atoms with Crippen LogP contribution in [-0.2, 0) is 26.1 Å². The maximum Gasteiger partial charge on any atom is 0.500 e. The lowest BCUT2D eigenvalue weighted by molar-refractivity contribution is 0.0708. The Labute approximate surface area is 128 Å². The lowest BCUT2D eigenvalue weighted by atomic mass is 10.1. The maximum atomic E-state index is 5.88. The number of hydrogen-bond donors (Lipinski definition) is 0. The predicted molar refractivity (Wildman–Crippen MR) is 87.5 cm³/mol. The van der Waals surface area contributed by atoms with Crippen molar-refractivity contribution in [3.63, 3.8) is 0 Å². The SMILES string of the molecule is CCO[Si](CCCc1sccc1CC)(OCC)OCC. The highest BCUT2D eigenvalue weighted by Crippen LogP contribution is 2.24. The van der Waals surface area contributed by atoms with E-state index in [0.717, 1.165) is 25.3 Å². The first-order chi connectivity index (χ1) is 9.71. The van der Waals surface area contributed by atoms with Crippen molar-refractivity contribution >= 4 is 20.1 Å². The van der Waals surface area contributed by atoms with E-state index in [1.54, 1.807) is 0 Å². The van der Waals surface area contributed by atoms with Crippen molar-refractivity contribution in [2.75, 3.05) is 19.8 Å². The molecular weight excluding hydrogens is 288 g/mol. The average molecular weight is 317 g/mol. The number of thiophene rings is 1. The predicted octanol–water partition coefficient (Wildman–Crippen LogP) is 4.29. The standard InChI is InChI=1S/C15H28O3SSi/c1-5-14-11-12-19-15(14)10-9-13-20(16-6-2,17-7-3)18-8-4/h11-12H,5-10,13H2,1-4H3. The van der Waals surface area contributed by atoms with Crippen molar-refractivity contribution in [3.8, 4) is 0 Å². The van der Waals surface area contributed by atoms with Crippen LogP contribution in [-0.4, -0.2) is 28.6 Å². The summed E-state index contributed by atoms with van der Waals surface area (Å²) in [6, 6.07) is 3.14. The molecule has 0 fully saturated rings. The molecular formula is C15H28O3SSi. The van der Waals surface area contributed by atoms with Crippen molar-refractivity contribution in [2.45, 2.75) is 53.0 Å². The van der Waals surface area contributed by atoms with Gasteiger partial charge in [-0.15, -0.1) is 11.3 Å². The molecule has 3 nitrogen and oxygen atoms in total. The monoisotopic (exact) mass is 316 g/mol. The van der Waals surface area contributed by atoms with Crippen LogP contribution in [0.25, 0.3) is 0 Å². The molecule has 0 aliphatic rings. The van der Waals surface area contributed by atoms with Crippen LogP contribution < -0.4 is 0 Å². The van der Waals surface area contributed by atoms with Crippen LogP contribution in [0.5, 0.6) is 0 Å². The zero-order valence-electron chi connectivity index (χ0n) is 13.2. The number of rotatable bonds is 11. The summed E-state index contributed by atoms with van der Waals surface area (Å²) >= 11 is 1.86. The largest absolute Gasteiger partial charge is 0.500 e. The van der Waals surface area contributed by atoms with Gasteiger partial charge >= 0.3 is 8.80 Å². The van der Waals surface area contributed by atoms with Gasteiger partial charge in [0.05, 0.1) is 0 Å². The minimum absolute atomic E-state index is 0.658. The lowest BCUT2D eigenvalue weighted by Crippen LogP contribution is -2.46. The van der Waals surface area contributed by atoms with Gasteiger partial charge in [0.25, 0.3) is 0 Å². The summed E-state index contributed by atoms with van der Waals surface area (Å²) in [7, 11) is -2.45. The molecule has 0 N–H and O–H groups in total. The van der Waals surface area contributed by atoms with E-state index < -0.39 is 8.80 Å². The molecule has 20 heavy (non-hydrogen) atoms. The molecule has 0 unspecified atom stereocenters. The highest BCUT2D eigenvalue weighted by molar-refractivity contribution is 7.10. The highest BCUT2D eigenvalue weighted by atomic mass is 32.1. The smallest absolute Gasteiger partial charge is 0.374 e. The van der Waals surface area contributed by atoms with E-state index in [1.807, 2.05) is 32.1 Å². The molecule has 5 heteroatoms. The zero-order chi connectivity index (χ0) is 14.8. The number of aryl methyl sites for hydroxylation is 2. The first kappa shape index (κ1) is 17.8. The van der Waals surface area contributed by atoms with Crippen LogP contribution >= 0.6 is 11.3 Å². The van der Waals surface area contributed by atoms with E-state index in [0.29, 0.717) is 19.8 Å². The molecule has 116 valence electrons. The van der Waals surface area contributed by atoms with Gasteiger partial charge in [-0.2, -0.15) is 0 Å². The molecule has 0 saturated carbocycles. The van der Waals surface area contributed by atoms with Gasteiger partial charge in [0.1, 0.15) is 0 Å². The van der Waals surface area contributed by atoms with Crippen LogP contribution in [0.3, 0.4) is 0 Å². The second kappa shape index (κ2) is 9.68. The highest BCUT2D eigenvalue weighted by Gasteiger charge is 2.39. The normalized spacial score (nSPS) is 12.0. The molecule has 0 aliphatic carbocycles. The summed E-state index contributed by atoms with van der Waals surface area (Å²) in [4.78, 5) is 1.50. The molecule has 0 spiro atoms. The summed E-state index contributed by atoms with van der Waals surface area (Å²) in [6.07, 6.45) is 3.28. The van der Waals surface area contributed by atoms with Gasteiger partial charge < -0.3 is 13.3 Å². The van der Waals surface area contributed by atoms with Gasteiger partial charge in [0.15, 0.2) is 0 Å². The second-order valence-corrected chi connectivity index (χ2v) is 8.29. The Balaban J connectivity index is 2.56. The summed E-state index contributed by atoms with van der Waals surface area (Å²) in [5, 5.41) is 2.19. The Morgan fingerprint density at radius 2 is 1.60 bits per heavy atom. The third-order valence-corrected chi connectivity index (χ3v) is 7.37. The van der Waals surface area contributed by atoms with Gasteiger partial charge in [-0.25, -0.2) is 0 Å². The molecule has 0 aliphatic heterocycles. The molecule has 1 aromatic heterocycles. The number of hydrogen-bond acceptors (Lipinski definition) is 4. The second-order valence-electron chi connectivity index (χ2n) is 4.56. The average Bonchev–Trinajstić information content (AvgIpc) is 2.87. The van der Waals surface area contributed by atoms with Gasteiger partial charge in [-0.1, -0.05) is 6.92 Å². The Morgan fingerprint density at radius 3 is 2.10 bits per heavy atom. The van der Waals surface area contributed by atoms with Crippen molar-refractivity contribution in [3.05, 3.63) is 21.9 Å². The third-order valence-electron chi connectivity index (χ3n) is 3.20. The Kier molecular flexibility index (Phi) is 8.64. The zero-order valence-corrected chi connectivity index (χ0v) is 15.1. The topological polar surface area (TPSA) is 27.7 Å². The van der Waals surface area contributed by atoms with Crippen LogP contribution in [0, 0.1) is 0 Å². The Bertz CT molecular complexity index is 351. The molecule has 0 radical (unpaired) electrons. The maximum absolute atomic E-state index is 5.88. The fraction of sp³-hybridized carbons (Fsp3) is 0.733. The summed E-state index contributed by atoms with van der Waals surface area (Å²) < 4.78 is 17.7. The van der Waals surface area contributed by atoms with Crippen molar-refractivity contribution in [1.29, 1.82) is 0 Å². The Hall–Kier alpha value is -0.203. The molecule has 1 aromatic rings.